The quantitative estimate of drug-likeness (QED) is 0.840. The van der Waals surface area contributed by atoms with Crippen LogP contribution < -0.4 is 0 Å². The molecule has 0 heterocycles. The number of benzene rings is 1. The van der Waals surface area contributed by atoms with Gasteiger partial charge >= 0.3 is 5.97 Å². The monoisotopic (exact) mass is 226 g/mol. The summed E-state index contributed by atoms with van der Waals surface area (Å²) in [4.78, 5) is 10.7. The molecule has 1 aromatic carbocycles. The number of carboxylic acids is 1. The molecule has 16 heavy (non-hydrogen) atoms. The zero-order valence-corrected chi connectivity index (χ0v) is 8.62. The SMILES string of the molecule is O=C(O)c1cccc(C2CCCC2(F)F)c1. The second-order valence-corrected chi connectivity index (χ2v) is 4.14. The van der Waals surface area contributed by atoms with Crippen molar-refractivity contribution >= 4 is 5.97 Å². The fourth-order valence-corrected chi connectivity index (χ4v) is 2.23. The molecule has 2 nitrogen and oxygen atoms in total. The molecular weight excluding hydrogens is 214 g/mol. The van der Waals surface area contributed by atoms with Crippen molar-refractivity contribution in [2.75, 3.05) is 0 Å². The predicted molar refractivity (Wildman–Crippen MR) is 54.9 cm³/mol. The summed E-state index contributed by atoms with van der Waals surface area (Å²) in [5.74, 6) is -4.60. The van der Waals surface area contributed by atoms with Crippen LogP contribution in [-0.2, 0) is 0 Å². The van der Waals surface area contributed by atoms with Gasteiger partial charge in [-0.05, 0) is 30.5 Å². The largest absolute Gasteiger partial charge is 0.478 e. The van der Waals surface area contributed by atoms with Crippen molar-refractivity contribution in [3.05, 3.63) is 35.4 Å². The van der Waals surface area contributed by atoms with Gasteiger partial charge in [0.2, 0.25) is 0 Å². The molecule has 0 bridgehead atoms. The summed E-state index contributed by atoms with van der Waals surface area (Å²) in [6.07, 6.45) is 0.819. The van der Waals surface area contributed by atoms with Gasteiger partial charge in [-0.2, -0.15) is 0 Å². The lowest BCUT2D eigenvalue weighted by Gasteiger charge is -2.19. The number of hydrogen-bond acceptors (Lipinski definition) is 1. The van der Waals surface area contributed by atoms with Crippen molar-refractivity contribution < 1.29 is 18.7 Å². The van der Waals surface area contributed by atoms with Gasteiger partial charge in [0.1, 0.15) is 0 Å². The van der Waals surface area contributed by atoms with Crippen molar-refractivity contribution in [3.8, 4) is 0 Å². The molecule has 0 amide bonds. The van der Waals surface area contributed by atoms with Crippen molar-refractivity contribution in [1.82, 2.24) is 0 Å². The molecule has 0 spiro atoms. The molecule has 2 rings (SSSR count). The molecule has 1 aliphatic carbocycles. The van der Waals surface area contributed by atoms with E-state index in [1.165, 1.54) is 18.2 Å². The first-order valence-corrected chi connectivity index (χ1v) is 5.22. The summed E-state index contributed by atoms with van der Waals surface area (Å²) >= 11 is 0. The highest BCUT2D eigenvalue weighted by Crippen LogP contribution is 2.46. The average molecular weight is 226 g/mol. The molecule has 0 aliphatic heterocycles. The first-order chi connectivity index (χ1) is 7.50. The van der Waals surface area contributed by atoms with Gasteiger partial charge < -0.3 is 5.11 Å². The van der Waals surface area contributed by atoms with E-state index in [1.807, 2.05) is 0 Å². The molecular formula is C12H12F2O2. The van der Waals surface area contributed by atoms with E-state index in [-0.39, 0.29) is 12.0 Å². The number of aromatic carboxylic acids is 1. The van der Waals surface area contributed by atoms with E-state index in [0.29, 0.717) is 18.4 Å². The standard InChI is InChI=1S/C12H12F2O2/c13-12(14)6-2-5-10(12)8-3-1-4-9(7-8)11(15)16/h1,3-4,7,10H,2,5-6H2,(H,15,16). The summed E-state index contributed by atoms with van der Waals surface area (Å²) in [7, 11) is 0. The molecule has 1 N–H and O–H groups in total. The smallest absolute Gasteiger partial charge is 0.335 e. The van der Waals surface area contributed by atoms with E-state index < -0.39 is 17.8 Å². The van der Waals surface area contributed by atoms with Gasteiger partial charge in [-0.3, -0.25) is 0 Å². The van der Waals surface area contributed by atoms with Gasteiger partial charge in [0, 0.05) is 12.3 Å². The molecule has 1 aliphatic rings. The van der Waals surface area contributed by atoms with Crippen molar-refractivity contribution in [2.45, 2.75) is 31.1 Å². The van der Waals surface area contributed by atoms with Crippen LogP contribution in [0.2, 0.25) is 0 Å². The Morgan fingerprint density at radius 1 is 1.44 bits per heavy atom. The van der Waals surface area contributed by atoms with Crippen LogP contribution in [0.1, 0.15) is 41.1 Å². The molecule has 0 aromatic heterocycles. The zero-order valence-electron chi connectivity index (χ0n) is 8.62. The Balaban J connectivity index is 2.34. The van der Waals surface area contributed by atoms with Gasteiger partial charge in [0.25, 0.3) is 5.92 Å². The maximum absolute atomic E-state index is 13.5. The summed E-state index contributed by atoms with van der Waals surface area (Å²) in [6.45, 7) is 0. The normalized spacial score (nSPS) is 23.2. The Morgan fingerprint density at radius 3 is 2.75 bits per heavy atom. The van der Waals surface area contributed by atoms with Crippen LogP contribution in [0.5, 0.6) is 0 Å². The van der Waals surface area contributed by atoms with E-state index in [9.17, 15) is 13.6 Å². The number of alkyl halides is 2. The van der Waals surface area contributed by atoms with E-state index in [1.54, 1.807) is 6.07 Å². The minimum absolute atomic E-state index is 0.0696. The maximum Gasteiger partial charge on any atom is 0.335 e. The number of rotatable bonds is 2. The Kier molecular flexibility index (Phi) is 2.66. The van der Waals surface area contributed by atoms with Gasteiger partial charge in [-0.1, -0.05) is 12.1 Å². The van der Waals surface area contributed by atoms with Gasteiger partial charge in [-0.25, -0.2) is 13.6 Å². The van der Waals surface area contributed by atoms with Gasteiger partial charge in [-0.15, -0.1) is 0 Å². The molecule has 1 unspecified atom stereocenters. The van der Waals surface area contributed by atoms with E-state index in [4.69, 9.17) is 5.11 Å². The fraction of sp³-hybridized carbons (Fsp3) is 0.417. The topological polar surface area (TPSA) is 37.3 Å². The summed E-state index contributed by atoms with van der Waals surface area (Å²) in [5, 5.41) is 8.79. The second-order valence-electron chi connectivity index (χ2n) is 4.14. The third kappa shape index (κ3) is 1.92. The summed E-state index contributed by atoms with van der Waals surface area (Å²) in [5.41, 5.74) is 0.502. The maximum atomic E-state index is 13.5. The molecule has 1 saturated carbocycles. The van der Waals surface area contributed by atoms with Crippen molar-refractivity contribution in [2.24, 2.45) is 0 Å². The third-order valence-corrected chi connectivity index (χ3v) is 3.05. The highest BCUT2D eigenvalue weighted by atomic mass is 19.3. The van der Waals surface area contributed by atoms with Crippen LogP contribution in [0.15, 0.2) is 24.3 Å². The van der Waals surface area contributed by atoms with Crippen molar-refractivity contribution in [1.29, 1.82) is 0 Å². The van der Waals surface area contributed by atoms with E-state index >= 15 is 0 Å². The first kappa shape index (κ1) is 11.0. The minimum Gasteiger partial charge on any atom is -0.478 e. The molecule has 0 radical (unpaired) electrons. The summed E-state index contributed by atoms with van der Waals surface area (Å²) in [6, 6.07) is 5.87. The molecule has 4 heteroatoms. The zero-order chi connectivity index (χ0) is 11.8. The highest BCUT2D eigenvalue weighted by molar-refractivity contribution is 5.87. The lowest BCUT2D eigenvalue weighted by molar-refractivity contribution is -0.00901. The Labute approximate surface area is 91.9 Å². The number of halogens is 2. The minimum atomic E-state index is -2.70. The molecule has 0 saturated heterocycles. The van der Waals surface area contributed by atoms with Crippen LogP contribution in [0.4, 0.5) is 8.78 Å². The number of carbonyl (C=O) groups is 1. The Hall–Kier alpha value is -1.45. The van der Waals surface area contributed by atoms with E-state index in [2.05, 4.69) is 0 Å². The molecule has 1 aromatic rings. The Bertz CT molecular complexity index is 415. The Morgan fingerprint density at radius 2 is 2.19 bits per heavy atom. The van der Waals surface area contributed by atoms with Crippen LogP contribution >= 0.6 is 0 Å². The van der Waals surface area contributed by atoms with Gasteiger partial charge in [0.05, 0.1) is 5.56 Å². The highest BCUT2D eigenvalue weighted by Gasteiger charge is 2.44. The first-order valence-electron chi connectivity index (χ1n) is 5.22. The fourth-order valence-electron chi connectivity index (χ4n) is 2.23. The van der Waals surface area contributed by atoms with Crippen molar-refractivity contribution in [3.63, 3.8) is 0 Å². The lowest BCUT2D eigenvalue weighted by atomic mass is 9.93. The van der Waals surface area contributed by atoms with Gasteiger partial charge in [0.15, 0.2) is 0 Å². The number of carboxylic acid groups (broad SMARTS) is 1. The second kappa shape index (κ2) is 3.85. The van der Waals surface area contributed by atoms with Crippen LogP contribution in [0.3, 0.4) is 0 Å². The number of hydrogen-bond donors (Lipinski definition) is 1. The van der Waals surface area contributed by atoms with E-state index in [0.717, 1.165) is 0 Å². The molecule has 86 valence electrons. The summed E-state index contributed by atoms with van der Waals surface area (Å²) < 4.78 is 27.0. The predicted octanol–water partition coefficient (Wildman–Crippen LogP) is 3.29. The van der Waals surface area contributed by atoms with Crippen LogP contribution in [0.25, 0.3) is 0 Å². The lowest BCUT2D eigenvalue weighted by Crippen LogP contribution is -2.19. The van der Waals surface area contributed by atoms with Crippen LogP contribution in [-0.4, -0.2) is 17.0 Å². The third-order valence-electron chi connectivity index (χ3n) is 3.05. The average Bonchev–Trinajstić information content (AvgIpc) is 2.58. The van der Waals surface area contributed by atoms with Crippen LogP contribution in [0, 0.1) is 0 Å². The molecule has 1 atom stereocenters. The molecule has 1 fully saturated rings.